The Labute approximate surface area is 215 Å². The lowest BCUT2D eigenvalue weighted by molar-refractivity contribution is 0.0451. The highest BCUT2D eigenvalue weighted by Gasteiger charge is 2.35. The van der Waals surface area contributed by atoms with Crippen molar-refractivity contribution in [2.24, 2.45) is 0 Å². The van der Waals surface area contributed by atoms with Crippen LogP contribution in [0.5, 0.6) is 5.75 Å². The van der Waals surface area contributed by atoms with Gasteiger partial charge in [-0.25, -0.2) is 4.79 Å². The van der Waals surface area contributed by atoms with Crippen LogP contribution in [0.1, 0.15) is 21.6 Å². The van der Waals surface area contributed by atoms with Crippen LogP contribution in [0.2, 0.25) is 0 Å². The minimum atomic E-state index is -0.975. The average Bonchev–Trinajstić information content (AvgIpc) is 3.26. The monoisotopic (exact) mass is 495 g/mol. The Morgan fingerprint density at radius 2 is 1.54 bits per heavy atom. The quantitative estimate of drug-likeness (QED) is 0.398. The molecule has 0 unspecified atom stereocenters. The zero-order valence-corrected chi connectivity index (χ0v) is 20.6. The van der Waals surface area contributed by atoms with Crippen molar-refractivity contribution < 1.29 is 19.8 Å². The van der Waals surface area contributed by atoms with E-state index in [2.05, 4.69) is 0 Å². The standard InChI is InChI=1S/C30H29N3O4/c1-21-18-25(28(23-12-6-3-7-13-23)33(21)26-14-8-9-15-27(26)34)29(35)32-17-16-31(30(36)37)20-24(32)19-22-10-4-2-5-11-22/h2-15,18,24,34H,16-17,19-20H2,1H3,(H,36,37)/t24-/m1/s1. The molecule has 0 aliphatic carbocycles. The summed E-state index contributed by atoms with van der Waals surface area (Å²) in [5.41, 5.74) is 4.52. The van der Waals surface area contributed by atoms with Crippen LogP contribution in [0.3, 0.4) is 0 Å². The van der Waals surface area contributed by atoms with E-state index in [4.69, 9.17) is 0 Å². The maximum Gasteiger partial charge on any atom is 0.407 e. The Morgan fingerprint density at radius 1 is 0.892 bits per heavy atom. The summed E-state index contributed by atoms with van der Waals surface area (Å²) in [4.78, 5) is 29.2. The Bertz CT molecular complexity index is 1420. The van der Waals surface area contributed by atoms with Crippen molar-refractivity contribution in [3.8, 4) is 22.7 Å². The normalized spacial score (nSPS) is 15.5. The summed E-state index contributed by atoms with van der Waals surface area (Å²) in [6.07, 6.45) is -0.424. The van der Waals surface area contributed by atoms with Gasteiger partial charge in [-0.2, -0.15) is 0 Å². The van der Waals surface area contributed by atoms with Crippen LogP contribution in [0.4, 0.5) is 4.79 Å². The first kappa shape index (κ1) is 24.2. The van der Waals surface area contributed by atoms with Gasteiger partial charge in [-0.1, -0.05) is 72.8 Å². The number of aromatic hydroxyl groups is 1. The number of benzene rings is 3. The summed E-state index contributed by atoms with van der Waals surface area (Å²) >= 11 is 0. The van der Waals surface area contributed by atoms with Crippen LogP contribution >= 0.6 is 0 Å². The molecule has 0 bridgehead atoms. The Kier molecular flexibility index (Phi) is 6.68. The van der Waals surface area contributed by atoms with Crippen molar-refractivity contribution in [1.82, 2.24) is 14.4 Å². The molecule has 2 N–H and O–H groups in total. The maximum atomic E-state index is 14.2. The highest BCUT2D eigenvalue weighted by Crippen LogP contribution is 2.35. The number of nitrogens with zero attached hydrogens (tertiary/aromatic N) is 3. The number of hydrogen-bond donors (Lipinski definition) is 2. The molecular weight excluding hydrogens is 466 g/mol. The third kappa shape index (κ3) is 4.80. The van der Waals surface area contributed by atoms with Gasteiger partial charge in [0.05, 0.1) is 23.0 Å². The average molecular weight is 496 g/mol. The Morgan fingerprint density at radius 3 is 2.22 bits per heavy atom. The largest absolute Gasteiger partial charge is 0.506 e. The predicted octanol–water partition coefficient (Wildman–Crippen LogP) is 5.21. The van der Waals surface area contributed by atoms with E-state index in [1.54, 1.807) is 12.1 Å². The first-order valence-corrected chi connectivity index (χ1v) is 12.3. The first-order chi connectivity index (χ1) is 17.9. The number of phenols is 1. The lowest BCUT2D eigenvalue weighted by Crippen LogP contribution is -2.57. The van der Waals surface area contributed by atoms with Gasteiger partial charge in [-0.15, -0.1) is 0 Å². The molecule has 1 saturated heterocycles. The number of hydrogen-bond acceptors (Lipinski definition) is 3. The van der Waals surface area contributed by atoms with Crippen molar-refractivity contribution in [2.45, 2.75) is 19.4 Å². The summed E-state index contributed by atoms with van der Waals surface area (Å²) in [6, 6.07) is 28.1. The van der Waals surface area contributed by atoms with Crippen LogP contribution in [0.15, 0.2) is 91.0 Å². The maximum absolute atomic E-state index is 14.2. The van der Waals surface area contributed by atoms with Gasteiger partial charge < -0.3 is 24.6 Å². The molecule has 188 valence electrons. The van der Waals surface area contributed by atoms with Crippen LogP contribution in [0, 0.1) is 6.92 Å². The van der Waals surface area contributed by atoms with Gasteiger partial charge in [0.25, 0.3) is 5.91 Å². The van der Waals surface area contributed by atoms with Gasteiger partial charge in [0.15, 0.2) is 0 Å². The molecule has 1 aromatic heterocycles. The first-order valence-electron chi connectivity index (χ1n) is 12.3. The molecule has 0 radical (unpaired) electrons. The second-order valence-corrected chi connectivity index (χ2v) is 9.31. The van der Waals surface area contributed by atoms with Crippen molar-refractivity contribution >= 4 is 12.0 Å². The van der Waals surface area contributed by atoms with Gasteiger partial charge in [0, 0.05) is 25.3 Å². The molecule has 2 amide bonds. The predicted molar refractivity (Wildman–Crippen MR) is 142 cm³/mol. The number of amides is 2. The minimum Gasteiger partial charge on any atom is -0.506 e. The minimum absolute atomic E-state index is 0.120. The Balaban J connectivity index is 1.60. The number of piperazine rings is 1. The van der Waals surface area contributed by atoms with Crippen molar-refractivity contribution in [3.63, 3.8) is 0 Å². The van der Waals surface area contributed by atoms with E-state index in [-0.39, 0.29) is 30.8 Å². The fraction of sp³-hybridized carbons (Fsp3) is 0.200. The van der Waals surface area contributed by atoms with Gasteiger partial charge in [0.1, 0.15) is 5.75 Å². The van der Waals surface area contributed by atoms with Crippen LogP contribution in [-0.2, 0) is 6.42 Å². The zero-order chi connectivity index (χ0) is 25.9. The summed E-state index contributed by atoms with van der Waals surface area (Å²) in [5, 5.41) is 20.3. The van der Waals surface area contributed by atoms with E-state index in [9.17, 15) is 19.8 Å². The SMILES string of the molecule is Cc1cc(C(=O)N2CCN(C(=O)O)C[C@H]2Cc2ccccc2)c(-c2ccccc2)n1-c1ccccc1O. The van der Waals surface area contributed by atoms with E-state index < -0.39 is 6.09 Å². The molecule has 37 heavy (non-hydrogen) atoms. The molecule has 7 heteroatoms. The third-order valence-corrected chi connectivity index (χ3v) is 6.91. The molecule has 1 fully saturated rings. The van der Waals surface area contributed by atoms with E-state index in [0.717, 1.165) is 16.8 Å². The van der Waals surface area contributed by atoms with Crippen molar-refractivity contribution in [2.75, 3.05) is 19.6 Å². The molecule has 3 aromatic carbocycles. The van der Waals surface area contributed by atoms with Crippen LogP contribution in [0.25, 0.3) is 16.9 Å². The van der Waals surface area contributed by atoms with Crippen LogP contribution in [-0.4, -0.2) is 62.3 Å². The van der Waals surface area contributed by atoms with Gasteiger partial charge in [0.2, 0.25) is 0 Å². The van der Waals surface area contributed by atoms with Crippen molar-refractivity contribution in [3.05, 3.63) is 108 Å². The smallest absolute Gasteiger partial charge is 0.407 e. The fourth-order valence-corrected chi connectivity index (χ4v) is 5.16. The Hall–Kier alpha value is -4.52. The molecule has 1 aliphatic rings. The molecule has 0 spiro atoms. The van der Waals surface area contributed by atoms with E-state index >= 15 is 0 Å². The summed E-state index contributed by atoms with van der Waals surface area (Å²) in [5.74, 6) is -0.0310. The number of aryl methyl sites for hydroxylation is 1. The molecule has 5 rings (SSSR count). The number of carbonyl (C=O) groups excluding carboxylic acids is 1. The van der Waals surface area contributed by atoms with Gasteiger partial charge in [-0.05, 0) is 42.7 Å². The number of carbonyl (C=O) groups is 2. The van der Waals surface area contributed by atoms with Crippen LogP contribution < -0.4 is 0 Å². The molecule has 7 nitrogen and oxygen atoms in total. The van der Waals surface area contributed by atoms with Gasteiger partial charge in [-0.3, -0.25) is 4.79 Å². The fourth-order valence-electron chi connectivity index (χ4n) is 5.16. The number of para-hydroxylation sites is 2. The number of aromatic nitrogens is 1. The number of carboxylic acid groups (broad SMARTS) is 1. The second-order valence-electron chi connectivity index (χ2n) is 9.31. The van der Waals surface area contributed by atoms with E-state index in [0.29, 0.717) is 29.9 Å². The molecule has 1 atom stereocenters. The van der Waals surface area contributed by atoms with Gasteiger partial charge >= 0.3 is 6.09 Å². The lowest BCUT2D eigenvalue weighted by atomic mass is 10.00. The highest BCUT2D eigenvalue weighted by atomic mass is 16.4. The number of phenolic OH excluding ortho intramolecular Hbond substituents is 1. The highest BCUT2D eigenvalue weighted by molar-refractivity contribution is 6.01. The molecule has 2 heterocycles. The lowest BCUT2D eigenvalue weighted by Gasteiger charge is -2.40. The van der Waals surface area contributed by atoms with E-state index in [1.807, 2.05) is 95.3 Å². The molecule has 1 aliphatic heterocycles. The van der Waals surface area contributed by atoms with E-state index in [1.165, 1.54) is 4.90 Å². The molecule has 0 saturated carbocycles. The summed E-state index contributed by atoms with van der Waals surface area (Å²) < 4.78 is 1.91. The second kappa shape index (κ2) is 10.2. The topological polar surface area (TPSA) is 86.0 Å². The molecule has 4 aromatic rings. The summed E-state index contributed by atoms with van der Waals surface area (Å²) in [7, 11) is 0. The number of rotatable bonds is 5. The third-order valence-electron chi connectivity index (χ3n) is 6.91. The zero-order valence-electron chi connectivity index (χ0n) is 20.6. The van der Waals surface area contributed by atoms with Crippen molar-refractivity contribution in [1.29, 1.82) is 0 Å². The summed E-state index contributed by atoms with van der Waals surface area (Å²) in [6.45, 7) is 2.72. The molecular formula is C30H29N3O4.